The van der Waals surface area contributed by atoms with Crippen LogP contribution in [0.5, 0.6) is 0 Å². The number of nitrogens with one attached hydrogen (secondary N) is 2. The third-order valence-corrected chi connectivity index (χ3v) is 6.26. The highest BCUT2D eigenvalue weighted by Gasteiger charge is 2.31. The molecule has 2 heterocycles. The second-order valence-electron chi connectivity index (χ2n) is 8.69. The SMILES string of the molecule is CCC(=O)N1CCN(CCN2CC[C@@H](NC(=O)CNC(=O)c3cccc(C(F)(F)F)c3)C2)CC1. The third-order valence-electron chi connectivity index (χ3n) is 6.26. The van der Waals surface area contributed by atoms with Gasteiger partial charge in [-0.2, -0.15) is 13.2 Å². The van der Waals surface area contributed by atoms with E-state index in [9.17, 15) is 27.6 Å². The molecule has 34 heavy (non-hydrogen) atoms. The van der Waals surface area contributed by atoms with E-state index in [1.54, 1.807) is 0 Å². The largest absolute Gasteiger partial charge is 0.416 e. The summed E-state index contributed by atoms with van der Waals surface area (Å²) in [7, 11) is 0. The maximum absolute atomic E-state index is 12.8. The minimum absolute atomic E-state index is 0.0306. The van der Waals surface area contributed by atoms with Crippen LogP contribution in [0.15, 0.2) is 24.3 Å². The standard InChI is InChI=1S/C23H32F3N5O3/c1-2-21(33)31-12-10-29(11-13-31)8-9-30-7-6-19(16-30)28-20(32)15-27-22(34)17-4-3-5-18(14-17)23(24,25)26/h3-5,14,19H,2,6-13,15-16H2,1H3,(H,27,34)(H,28,32)/t19-/m1/s1. The van der Waals surface area contributed by atoms with Crippen molar-refractivity contribution in [3.05, 3.63) is 35.4 Å². The van der Waals surface area contributed by atoms with Crippen LogP contribution in [0.3, 0.4) is 0 Å². The van der Waals surface area contributed by atoms with Gasteiger partial charge in [-0.1, -0.05) is 13.0 Å². The third kappa shape index (κ3) is 7.42. The number of rotatable bonds is 8. The van der Waals surface area contributed by atoms with Crippen LogP contribution in [0.1, 0.15) is 35.7 Å². The molecule has 0 unspecified atom stereocenters. The Bertz CT molecular complexity index is 872. The molecular weight excluding hydrogens is 451 g/mol. The number of likely N-dealkylation sites (tertiary alicyclic amines) is 1. The fourth-order valence-corrected chi connectivity index (χ4v) is 4.26. The van der Waals surface area contributed by atoms with Gasteiger partial charge in [0, 0.05) is 70.4 Å². The lowest BCUT2D eigenvalue weighted by Gasteiger charge is -2.35. The predicted molar refractivity (Wildman–Crippen MR) is 120 cm³/mol. The molecule has 1 aromatic rings. The van der Waals surface area contributed by atoms with Gasteiger partial charge in [0.05, 0.1) is 12.1 Å². The average Bonchev–Trinajstić information content (AvgIpc) is 3.27. The summed E-state index contributed by atoms with van der Waals surface area (Å²) < 4.78 is 38.4. The van der Waals surface area contributed by atoms with Crippen LogP contribution >= 0.6 is 0 Å². The summed E-state index contributed by atoms with van der Waals surface area (Å²) >= 11 is 0. The number of benzene rings is 1. The molecule has 3 amide bonds. The zero-order chi connectivity index (χ0) is 24.7. The van der Waals surface area contributed by atoms with Gasteiger partial charge in [-0.3, -0.25) is 24.2 Å². The first-order valence-corrected chi connectivity index (χ1v) is 11.6. The van der Waals surface area contributed by atoms with Gasteiger partial charge in [0.1, 0.15) is 0 Å². The van der Waals surface area contributed by atoms with Crippen LogP contribution < -0.4 is 10.6 Å². The maximum atomic E-state index is 12.8. The molecule has 8 nitrogen and oxygen atoms in total. The van der Waals surface area contributed by atoms with Crippen molar-refractivity contribution in [3.8, 4) is 0 Å². The van der Waals surface area contributed by atoms with E-state index in [0.717, 1.165) is 70.4 Å². The number of hydrogen-bond acceptors (Lipinski definition) is 5. The minimum atomic E-state index is -4.54. The lowest BCUT2D eigenvalue weighted by molar-refractivity contribution is -0.137. The number of alkyl halides is 3. The Labute approximate surface area is 197 Å². The zero-order valence-corrected chi connectivity index (χ0v) is 19.4. The van der Waals surface area contributed by atoms with Crippen LogP contribution in [0.2, 0.25) is 0 Å². The molecule has 188 valence electrons. The van der Waals surface area contributed by atoms with Crippen molar-refractivity contribution in [2.45, 2.75) is 32.0 Å². The highest BCUT2D eigenvalue weighted by molar-refractivity contribution is 5.96. The quantitative estimate of drug-likeness (QED) is 0.580. The lowest BCUT2D eigenvalue weighted by Crippen LogP contribution is -2.50. The number of carbonyl (C=O) groups is 3. The van der Waals surface area contributed by atoms with Crippen molar-refractivity contribution in [1.82, 2.24) is 25.3 Å². The molecule has 2 N–H and O–H groups in total. The first-order valence-electron chi connectivity index (χ1n) is 11.6. The first-order chi connectivity index (χ1) is 16.2. The fraction of sp³-hybridized carbons (Fsp3) is 0.609. The van der Waals surface area contributed by atoms with Crippen LogP contribution in [-0.2, 0) is 15.8 Å². The first kappa shape index (κ1) is 26.0. The van der Waals surface area contributed by atoms with E-state index in [4.69, 9.17) is 0 Å². The number of hydrogen-bond donors (Lipinski definition) is 2. The Morgan fingerprint density at radius 1 is 1.03 bits per heavy atom. The molecule has 2 fully saturated rings. The summed E-state index contributed by atoms with van der Waals surface area (Å²) in [5, 5.41) is 5.26. The molecule has 1 atom stereocenters. The van der Waals surface area contributed by atoms with Crippen molar-refractivity contribution in [1.29, 1.82) is 0 Å². The predicted octanol–water partition coefficient (Wildman–Crippen LogP) is 1.18. The monoisotopic (exact) mass is 483 g/mol. The Hall–Kier alpha value is -2.66. The van der Waals surface area contributed by atoms with Crippen LogP contribution in [-0.4, -0.2) is 97.4 Å². The summed E-state index contributed by atoms with van der Waals surface area (Å²) in [5.74, 6) is -0.900. The Balaban J connectivity index is 1.34. The van der Waals surface area contributed by atoms with Gasteiger partial charge in [-0.05, 0) is 24.6 Å². The van der Waals surface area contributed by atoms with Crippen molar-refractivity contribution in [2.24, 2.45) is 0 Å². The molecule has 0 spiro atoms. The normalized spacial score (nSPS) is 19.8. The van der Waals surface area contributed by atoms with Gasteiger partial charge in [0.25, 0.3) is 5.91 Å². The van der Waals surface area contributed by atoms with E-state index in [1.165, 1.54) is 6.07 Å². The van der Waals surface area contributed by atoms with Gasteiger partial charge in [0.2, 0.25) is 11.8 Å². The van der Waals surface area contributed by atoms with Crippen LogP contribution in [0.4, 0.5) is 13.2 Å². The van der Waals surface area contributed by atoms with Crippen molar-refractivity contribution < 1.29 is 27.6 Å². The van der Waals surface area contributed by atoms with E-state index in [2.05, 4.69) is 20.4 Å². The minimum Gasteiger partial charge on any atom is -0.350 e. The maximum Gasteiger partial charge on any atom is 0.416 e. The Morgan fingerprint density at radius 3 is 2.41 bits per heavy atom. The lowest BCUT2D eigenvalue weighted by atomic mass is 10.1. The van der Waals surface area contributed by atoms with Crippen LogP contribution in [0.25, 0.3) is 0 Å². The smallest absolute Gasteiger partial charge is 0.350 e. The second-order valence-corrected chi connectivity index (χ2v) is 8.69. The van der Waals surface area contributed by atoms with Gasteiger partial charge < -0.3 is 15.5 Å². The summed E-state index contributed by atoms with van der Waals surface area (Å²) in [6.45, 7) is 8.18. The summed E-state index contributed by atoms with van der Waals surface area (Å²) in [5.41, 5.74) is -1.05. The molecule has 2 aliphatic heterocycles. The number of halogens is 3. The van der Waals surface area contributed by atoms with E-state index < -0.39 is 17.6 Å². The fourth-order valence-electron chi connectivity index (χ4n) is 4.26. The molecule has 3 rings (SSSR count). The number of nitrogens with zero attached hydrogens (tertiary/aromatic N) is 3. The van der Waals surface area contributed by atoms with Crippen LogP contribution in [0, 0.1) is 0 Å². The number of amides is 3. The van der Waals surface area contributed by atoms with Crippen molar-refractivity contribution >= 4 is 17.7 Å². The van der Waals surface area contributed by atoms with Crippen molar-refractivity contribution in [3.63, 3.8) is 0 Å². The molecule has 0 bridgehead atoms. The van der Waals surface area contributed by atoms with E-state index >= 15 is 0 Å². The number of piperazine rings is 1. The molecule has 11 heteroatoms. The summed E-state index contributed by atoms with van der Waals surface area (Å²) in [6.07, 6.45) is -3.20. The van der Waals surface area contributed by atoms with Gasteiger partial charge in [-0.15, -0.1) is 0 Å². The molecule has 2 saturated heterocycles. The van der Waals surface area contributed by atoms with E-state index in [-0.39, 0.29) is 30.0 Å². The molecule has 2 aliphatic rings. The van der Waals surface area contributed by atoms with Crippen molar-refractivity contribution in [2.75, 3.05) is 58.9 Å². The van der Waals surface area contributed by atoms with E-state index in [0.29, 0.717) is 13.0 Å². The highest BCUT2D eigenvalue weighted by Crippen LogP contribution is 2.29. The average molecular weight is 484 g/mol. The topological polar surface area (TPSA) is 85.0 Å². The van der Waals surface area contributed by atoms with Gasteiger partial charge in [-0.25, -0.2) is 0 Å². The molecule has 0 saturated carbocycles. The van der Waals surface area contributed by atoms with Gasteiger partial charge in [0.15, 0.2) is 0 Å². The number of carbonyl (C=O) groups excluding carboxylic acids is 3. The molecule has 0 radical (unpaired) electrons. The molecule has 1 aromatic carbocycles. The molecular formula is C23H32F3N5O3. The highest BCUT2D eigenvalue weighted by atomic mass is 19.4. The summed E-state index contributed by atoms with van der Waals surface area (Å²) in [6, 6.07) is 4.07. The van der Waals surface area contributed by atoms with Gasteiger partial charge >= 0.3 is 6.18 Å². The zero-order valence-electron chi connectivity index (χ0n) is 19.4. The summed E-state index contributed by atoms with van der Waals surface area (Å²) in [4.78, 5) is 42.6. The second kappa shape index (κ2) is 11.7. The molecule has 0 aromatic heterocycles. The van der Waals surface area contributed by atoms with E-state index in [1.807, 2.05) is 11.8 Å². The Morgan fingerprint density at radius 2 is 1.74 bits per heavy atom. The Kier molecular flexibility index (Phi) is 8.90. The molecule has 0 aliphatic carbocycles.